The number of hydroxylamine groups is 1. The number of thiazole rings is 1. The molecule has 3 aromatic heterocycles. The largest absolute Gasteiger partial charge is 0.343 e. The molecule has 4 N–H and O–H groups in total. The van der Waals surface area contributed by atoms with Gasteiger partial charge in [0.1, 0.15) is 11.3 Å². The molecule has 3 heterocycles. The molecule has 0 aliphatic carbocycles. The van der Waals surface area contributed by atoms with E-state index in [2.05, 4.69) is 15.3 Å². The average molecular weight is 381 g/mol. The number of aryl methyl sites for hydroxylation is 1. The lowest BCUT2D eigenvalue weighted by Crippen LogP contribution is -2.18. The zero-order valence-corrected chi connectivity index (χ0v) is 15.0. The number of benzene rings is 1. The molecule has 0 spiro atoms. The lowest BCUT2D eigenvalue weighted by Gasteiger charge is -2.04. The number of hydrogen-bond acceptors (Lipinski definition) is 6. The number of fused-ring (bicyclic) bond motifs is 1. The number of imidazole rings is 1. The van der Waals surface area contributed by atoms with E-state index in [-0.39, 0.29) is 5.43 Å². The SMILES string of the molecule is Cc1[nH]c2cc(=O)ccn2c1-c1csc(Nc2ccc(C(=O)NO)cc2)n1. The Morgan fingerprint density at radius 1 is 1.26 bits per heavy atom. The summed E-state index contributed by atoms with van der Waals surface area (Å²) in [6.45, 7) is 1.93. The zero-order valence-electron chi connectivity index (χ0n) is 14.2. The van der Waals surface area contributed by atoms with E-state index in [9.17, 15) is 9.59 Å². The predicted octanol–water partition coefficient (Wildman–Crippen LogP) is 2.92. The molecule has 4 aromatic rings. The minimum Gasteiger partial charge on any atom is -0.343 e. The zero-order chi connectivity index (χ0) is 19.0. The van der Waals surface area contributed by atoms with E-state index in [0.717, 1.165) is 28.4 Å². The molecular weight excluding hydrogens is 366 g/mol. The number of carbonyl (C=O) groups is 1. The average Bonchev–Trinajstić information content (AvgIpc) is 3.24. The third kappa shape index (κ3) is 3.21. The summed E-state index contributed by atoms with van der Waals surface area (Å²) in [5, 5.41) is 14.5. The molecule has 0 bridgehead atoms. The van der Waals surface area contributed by atoms with Gasteiger partial charge in [-0.1, -0.05) is 0 Å². The first-order valence-corrected chi connectivity index (χ1v) is 8.91. The predicted molar refractivity (Wildman–Crippen MR) is 103 cm³/mol. The van der Waals surface area contributed by atoms with E-state index in [1.54, 1.807) is 42.0 Å². The van der Waals surface area contributed by atoms with Gasteiger partial charge in [-0.3, -0.25) is 19.2 Å². The Bertz CT molecular complexity index is 1190. The Hall–Kier alpha value is -3.43. The summed E-state index contributed by atoms with van der Waals surface area (Å²) in [7, 11) is 0. The molecule has 0 aliphatic heterocycles. The molecule has 1 amide bonds. The highest BCUT2D eigenvalue weighted by Crippen LogP contribution is 2.29. The number of nitrogens with zero attached hydrogens (tertiary/aromatic N) is 2. The molecule has 4 rings (SSSR count). The molecule has 0 aliphatic rings. The van der Waals surface area contributed by atoms with Crippen LogP contribution in [0.5, 0.6) is 0 Å². The lowest BCUT2D eigenvalue weighted by molar-refractivity contribution is 0.0706. The summed E-state index contributed by atoms with van der Waals surface area (Å²) in [5.41, 5.74) is 5.97. The van der Waals surface area contributed by atoms with E-state index >= 15 is 0 Å². The van der Waals surface area contributed by atoms with Crippen molar-refractivity contribution in [3.8, 4) is 11.4 Å². The van der Waals surface area contributed by atoms with Crippen LogP contribution in [0.4, 0.5) is 10.8 Å². The standard InChI is InChI=1S/C18H15N5O3S/c1-10-16(23-7-6-13(24)8-15(23)19-10)14-9-27-18(21-14)20-12-4-2-11(3-5-12)17(25)22-26/h2-9,19,26H,1H3,(H,20,21)(H,22,25). The molecule has 1 aromatic carbocycles. The van der Waals surface area contributed by atoms with Gasteiger partial charge in [0.05, 0.1) is 5.69 Å². The normalized spacial score (nSPS) is 10.9. The van der Waals surface area contributed by atoms with Gasteiger partial charge in [0.15, 0.2) is 10.6 Å². The Kier molecular flexibility index (Phi) is 4.22. The van der Waals surface area contributed by atoms with Crippen LogP contribution in [0.15, 0.2) is 52.8 Å². The molecule has 0 atom stereocenters. The first kappa shape index (κ1) is 17.0. The monoisotopic (exact) mass is 381 g/mol. The quantitative estimate of drug-likeness (QED) is 0.321. The van der Waals surface area contributed by atoms with Gasteiger partial charge in [-0.05, 0) is 31.2 Å². The molecule has 0 fully saturated rings. The highest BCUT2D eigenvalue weighted by atomic mass is 32.1. The smallest absolute Gasteiger partial charge is 0.274 e. The molecule has 0 radical (unpaired) electrons. The van der Waals surface area contributed by atoms with Crippen molar-refractivity contribution in [3.05, 3.63) is 69.5 Å². The maximum absolute atomic E-state index is 11.5. The second kappa shape index (κ2) is 6.71. The van der Waals surface area contributed by atoms with Crippen molar-refractivity contribution in [2.45, 2.75) is 6.92 Å². The van der Waals surface area contributed by atoms with Gasteiger partial charge >= 0.3 is 0 Å². The number of carbonyl (C=O) groups excluding carboxylic acids is 1. The first-order chi connectivity index (χ1) is 13.0. The van der Waals surface area contributed by atoms with Gasteiger partial charge in [0, 0.05) is 40.7 Å². The highest BCUT2D eigenvalue weighted by molar-refractivity contribution is 7.14. The fourth-order valence-electron chi connectivity index (χ4n) is 2.85. The van der Waals surface area contributed by atoms with Crippen LogP contribution in [0.25, 0.3) is 17.0 Å². The number of anilines is 2. The molecule has 8 nitrogen and oxygen atoms in total. The molecule has 0 unspecified atom stereocenters. The van der Waals surface area contributed by atoms with Crippen LogP contribution < -0.4 is 16.2 Å². The topological polar surface area (TPSA) is 112 Å². The van der Waals surface area contributed by atoms with Crippen LogP contribution >= 0.6 is 11.3 Å². The second-order valence-corrected chi connectivity index (χ2v) is 6.76. The van der Waals surface area contributed by atoms with Crippen LogP contribution in [0.1, 0.15) is 16.1 Å². The van der Waals surface area contributed by atoms with E-state index < -0.39 is 5.91 Å². The van der Waals surface area contributed by atoms with E-state index in [4.69, 9.17) is 5.21 Å². The Morgan fingerprint density at radius 3 is 2.78 bits per heavy atom. The molecular formula is C18H15N5O3S. The number of rotatable bonds is 4. The lowest BCUT2D eigenvalue weighted by atomic mass is 10.2. The number of aromatic nitrogens is 3. The van der Waals surface area contributed by atoms with Crippen LogP contribution in [0.3, 0.4) is 0 Å². The number of H-pyrrole nitrogens is 1. The van der Waals surface area contributed by atoms with Crippen molar-refractivity contribution in [1.29, 1.82) is 0 Å². The molecule has 0 saturated heterocycles. The van der Waals surface area contributed by atoms with Gasteiger partial charge in [-0.2, -0.15) is 0 Å². The summed E-state index contributed by atoms with van der Waals surface area (Å²) in [6, 6.07) is 9.72. The van der Waals surface area contributed by atoms with Crippen molar-refractivity contribution < 1.29 is 10.0 Å². The summed E-state index contributed by atoms with van der Waals surface area (Å²) < 4.78 is 1.90. The summed E-state index contributed by atoms with van der Waals surface area (Å²) in [4.78, 5) is 30.7. The Labute approximate surface area is 157 Å². The number of amides is 1. The first-order valence-electron chi connectivity index (χ1n) is 8.03. The highest BCUT2D eigenvalue weighted by Gasteiger charge is 2.13. The van der Waals surface area contributed by atoms with Crippen molar-refractivity contribution in [1.82, 2.24) is 19.8 Å². The van der Waals surface area contributed by atoms with Crippen molar-refractivity contribution in [2.75, 3.05) is 5.32 Å². The third-order valence-electron chi connectivity index (χ3n) is 4.08. The third-order valence-corrected chi connectivity index (χ3v) is 4.84. The van der Waals surface area contributed by atoms with Crippen molar-refractivity contribution >= 4 is 33.7 Å². The van der Waals surface area contributed by atoms with E-state index in [0.29, 0.717) is 10.7 Å². The molecule has 136 valence electrons. The van der Waals surface area contributed by atoms with Gasteiger partial charge in [0.2, 0.25) is 0 Å². The van der Waals surface area contributed by atoms with Gasteiger partial charge in [0.25, 0.3) is 5.91 Å². The molecule has 9 heteroatoms. The number of hydrogen-bond donors (Lipinski definition) is 4. The Morgan fingerprint density at radius 2 is 2.04 bits per heavy atom. The fourth-order valence-corrected chi connectivity index (χ4v) is 3.57. The van der Waals surface area contributed by atoms with Crippen molar-refractivity contribution in [3.63, 3.8) is 0 Å². The number of pyridine rings is 1. The second-order valence-electron chi connectivity index (χ2n) is 5.90. The van der Waals surface area contributed by atoms with E-state index in [1.807, 2.05) is 16.7 Å². The van der Waals surface area contributed by atoms with Crippen LogP contribution in [0, 0.1) is 6.92 Å². The van der Waals surface area contributed by atoms with Crippen LogP contribution in [0.2, 0.25) is 0 Å². The van der Waals surface area contributed by atoms with Crippen LogP contribution in [-0.2, 0) is 0 Å². The molecule has 0 saturated carbocycles. The summed E-state index contributed by atoms with van der Waals surface area (Å²) in [6.07, 6.45) is 1.73. The minimum atomic E-state index is -0.564. The van der Waals surface area contributed by atoms with Gasteiger partial charge in [-0.15, -0.1) is 11.3 Å². The van der Waals surface area contributed by atoms with Crippen LogP contribution in [-0.4, -0.2) is 25.5 Å². The maximum Gasteiger partial charge on any atom is 0.274 e. The van der Waals surface area contributed by atoms with E-state index in [1.165, 1.54) is 17.4 Å². The Balaban J connectivity index is 1.62. The number of nitrogens with one attached hydrogen (secondary N) is 3. The maximum atomic E-state index is 11.5. The van der Waals surface area contributed by atoms with Gasteiger partial charge in [-0.25, -0.2) is 10.5 Å². The molecule has 27 heavy (non-hydrogen) atoms. The summed E-state index contributed by atoms with van der Waals surface area (Å²) >= 11 is 1.45. The number of aromatic amines is 1. The van der Waals surface area contributed by atoms with Gasteiger partial charge < -0.3 is 10.3 Å². The summed E-state index contributed by atoms with van der Waals surface area (Å²) in [5.74, 6) is -0.564. The fraction of sp³-hybridized carbons (Fsp3) is 0.0556. The van der Waals surface area contributed by atoms with Crippen molar-refractivity contribution in [2.24, 2.45) is 0 Å². The minimum absolute atomic E-state index is 0.0539.